The van der Waals surface area contributed by atoms with Crippen molar-refractivity contribution in [3.8, 4) is 11.5 Å². The molecule has 120 valence electrons. The lowest BCUT2D eigenvalue weighted by atomic mass is 10.1. The summed E-state index contributed by atoms with van der Waals surface area (Å²) < 4.78 is 11.1. The highest BCUT2D eigenvalue weighted by atomic mass is 16.5. The zero-order valence-electron chi connectivity index (χ0n) is 13.3. The number of carbonyl (C=O) groups is 1. The number of aryl methyl sites for hydroxylation is 1. The van der Waals surface area contributed by atoms with E-state index in [0.717, 1.165) is 29.4 Å². The number of ether oxygens (including phenoxy) is 2. The average Bonchev–Trinajstić information content (AvgIpc) is 2.58. The second-order valence-corrected chi connectivity index (χ2v) is 5.03. The third kappa shape index (κ3) is 4.88. The molecule has 23 heavy (non-hydrogen) atoms. The molecular formula is C19H20O4. The predicted octanol–water partition coefficient (Wildman–Crippen LogP) is 3.93. The molecule has 0 radical (unpaired) electrons. The molecule has 0 unspecified atom stereocenters. The molecule has 0 aliphatic heterocycles. The summed E-state index contributed by atoms with van der Waals surface area (Å²) in [7, 11) is 1.60. The first kappa shape index (κ1) is 16.6. The first-order chi connectivity index (χ1) is 11.1. The van der Waals surface area contributed by atoms with E-state index >= 15 is 0 Å². The van der Waals surface area contributed by atoms with Gasteiger partial charge in [-0.25, -0.2) is 4.79 Å². The summed E-state index contributed by atoms with van der Waals surface area (Å²) in [5, 5.41) is 8.70. The fourth-order valence-electron chi connectivity index (χ4n) is 2.16. The molecule has 0 aliphatic rings. The molecule has 0 spiro atoms. The molecule has 0 atom stereocenters. The van der Waals surface area contributed by atoms with E-state index in [-0.39, 0.29) is 0 Å². The van der Waals surface area contributed by atoms with E-state index in [9.17, 15) is 4.79 Å². The molecule has 4 nitrogen and oxygen atoms in total. The summed E-state index contributed by atoms with van der Waals surface area (Å²) in [6.07, 6.45) is 3.64. The van der Waals surface area contributed by atoms with E-state index < -0.39 is 5.97 Å². The number of carboxylic acid groups (broad SMARTS) is 1. The number of hydrogen-bond donors (Lipinski definition) is 1. The van der Waals surface area contributed by atoms with Crippen LogP contribution in [0.1, 0.15) is 23.6 Å². The molecule has 0 aromatic heterocycles. The third-order valence-electron chi connectivity index (χ3n) is 3.45. The van der Waals surface area contributed by atoms with Gasteiger partial charge in [0.2, 0.25) is 0 Å². The predicted molar refractivity (Wildman–Crippen MR) is 89.8 cm³/mol. The molecule has 0 aliphatic carbocycles. The van der Waals surface area contributed by atoms with Gasteiger partial charge in [0.05, 0.1) is 7.11 Å². The highest BCUT2D eigenvalue weighted by molar-refractivity contribution is 5.85. The van der Waals surface area contributed by atoms with Crippen molar-refractivity contribution in [3.63, 3.8) is 0 Å². The highest BCUT2D eigenvalue weighted by Crippen LogP contribution is 2.23. The van der Waals surface area contributed by atoms with Gasteiger partial charge in [-0.1, -0.05) is 25.1 Å². The Balaban J connectivity index is 2.12. The van der Waals surface area contributed by atoms with Crippen molar-refractivity contribution < 1.29 is 19.4 Å². The summed E-state index contributed by atoms with van der Waals surface area (Å²) in [6, 6.07) is 13.4. The topological polar surface area (TPSA) is 55.8 Å². The summed E-state index contributed by atoms with van der Waals surface area (Å²) in [5.41, 5.74) is 2.91. The van der Waals surface area contributed by atoms with Gasteiger partial charge in [0.25, 0.3) is 0 Å². The van der Waals surface area contributed by atoms with E-state index in [4.69, 9.17) is 14.6 Å². The van der Waals surface area contributed by atoms with Crippen LogP contribution < -0.4 is 9.47 Å². The zero-order chi connectivity index (χ0) is 16.7. The minimum Gasteiger partial charge on any atom is -0.496 e. The lowest BCUT2D eigenvalue weighted by molar-refractivity contribution is -0.131. The molecule has 2 rings (SSSR count). The van der Waals surface area contributed by atoms with Gasteiger partial charge in [0.1, 0.15) is 18.1 Å². The maximum atomic E-state index is 10.6. The maximum absolute atomic E-state index is 10.6. The molecule has 1 N–H and O–H groups in total. The summed E-state index contributed by atoms with van der Waals surface area (Å²) in [5.74, 6) is 0.521. The lowest BCUT2D eigenvalue weighted by Gasteiger charge is -2.11. The van der Waals surface area contributed by atoms with Crippen LogP contribution in [-0.4, -0.2) is 18.2 Å². The van der Waals surface area contributed by atoms with Crippen LogP contribution in [-0.2, 0) is 17.8 Å². The van der Waals surface area contributed by atoms with Gasteiger partial charge in [-0.3, -0.25) is 0 Å². The average molecular weight is 312 g/mol. The van der Waals surface area contributed by atoms with Gasteiger partial charge in [0.15, 0.2) is 0 Å². The number of hydrogen-bond acceptors (Lipinski definition) is 3. The molecule has 0 saturated carbocycles. The van der Waals surface area contributed by atoms with Crippen molar-refractivity contribution in [3.05, 3.63) is 65.2 Å². The Hall–Kier alpha value is -2.75. The third-order valence-corrected chi connectivity index (χ3v) is 3.45. The van der Waals surface area contributed by atoms with Crippen LogP contribution >= 0.6 is 0 Å². The van der Waals surface area contributed by atoms with Crippen molar-refractivity contribution in [2.45, 2.75) is 20.0 Å². The largest absolute Gasteiger partial charge is 0.496 e. The SMILES string of the molecule is CCc1ccc(OCc2cc(/C=C/C(=O)O)ccc2OC)cc1. The van der Waals surface area contributed by atoms with E-state index in [1.54, 1.807) is 25.3 Å². The first-order valence-electron chi connectivity index (χ1n) is 7.42. The van der Waals surface area contributed by atoms with Crippen LogP contribution in [0.15, 0.2) is 48.5 Å². The number of benzene rings is 2. The van der Waals surface area contributed by atoms with Gasteiger partial charge in [-0.05, 0) is 47.9 Å². The Morgan fingerprint density at radius 2 is 1.91 bits per heavy atom. The molecule has 2 aromatic carbocycles. The van der Waals surface area contributed by atoms with Crippen LogP contribution in [0.4, 0.5) is 0 Å². The quantitative estimate of drug-likeness (QED) is 0.787. The molecule has 0 amide bonds. The fourth-order valence-corrected chi connectivity index (χ4v) is 2.16. The number of methoxy groups -OCH3 is 1. The molecule has 0 heterocycles. The van der Waals surface area contributed by atoms with Crippen molar-refractivity contribution in [2.75, 3.05) is 7.11 Å². The molecule has 0 bridgehead atoms. The van der Waals surface area contributed by atoms with Crippen LogP contribution in [0.2, 0.25) is 0 Å². The number of rotatable bonds is 7. The zero-order valence-corrected chi connectivity index (χ0v) is 13.3. The van der Waals surface area contributed by atoms with E-state index in [1.807, 2.05) is 30.3 Å². The van der Waals surface area contributed by atoms with Gasteiger partial charge < -0.3 is 14.6 Å². The minimum absolute atomic E-state index is 0.351. The van der Waals surface area contributed by atoms with Gasteiger partial charge >= 0.3 is 5.97 Å². The second-order valence-electron chi connectivity index (χ2n) is 5.03. The Bertz CT molecular complexity index is 687. The smallest absolute Gasteiger partial charge is 0.328 e. The number of carboxylic acids is 1. The van der Waals surface area contributed by atoms with Crippen molar-refractivity contribution in [1.82, 2.24) is 0 Å². The maximum Gasteiger partial charge on any atom is 0.328 e. The van der Waals surface area contributed by atoms with Gasteiger partial charge in [-0.2, -0.15) is 0 Å². The Labute approximate surface area is 136 Å². The Kier molecular flexibility index (Phi) is 5.80. The van der Waals surface area contributed by atoms with Crippen molar-refractivity contribution >= 4 is 12.0 Å². The van der Waals surface area contributed by atoms with Crippen molar-refractivity contribution in [2.24, 2.45) is 0 Å². The first-order valence-corrected chi connectivity index (χ1v) is 7.42. The van der Waals surface area contributed by atoms with Crippen LogP contribution in [0.5, 0.6) is 11.5 Å². The monoisotopic (exact) mass is 312 g/mol. The molecule has 4 heteroatoms. The van der Waals surface area contributed by atoms with E-state index in [2.05, 4.69) is 6.92 Å². The van der Waals surface area contributed by atoms with E-state index in [0.29, 0.717) is 12.4 Å². The van der Waals surface area contributed by atoms with Crippen molar-refractivity contribution in [1.29, 1.82) is 0 Å². The Morgan fingerprint density at radius 1 is 1.17 bits per heavy atom. The molecule has 0 saturated heterocycles. The minimum atomic E-state index is -0.977. The summed E-state index contributed by atoms with van der Waals surface area (Å²) >= 11 is 0. The summed E-state index contributed by atoms with van der Waals surface area (Å²) in [4.78, 5) is 10.6. The second kappa shape index (κ2) is 8.03. The number of aliphatic carboxylic acids is 1. The van der Waals surface area contributed by atoms with Crippen LogP contribution in [0.3, 0.4) is 0 Å². The van der Waals surface area contributed by atoms with E-state index in [1.165, 1.54) is 5.56 Å². The highest BCUT2D eigenvalue weighted by Gasteiger charge is 2.05. The summed E-state index contributed by atoms with van der Waals surface area (Å²) in [6.45, 7) is 2.46. The standard InChI is InChI=1S/C19H20O4/c1-3-14-4-8-17(9-5-14)23-13-16-12-15(7-11-19(20)21)6-10-18(16)22-2/h4-12H,3,13H2,1-2H3,(H,20,21)/b11-7+. The Morgan fingerprint density at radius 3 is 2.52 bits per heavy atom. The molecule has 0 fully saturated rings. The van der Waals surface area contributed by atoms with Crippen LogP contribution in [0.25, 0.3) is 6.08 Å². The van der Waals surface area contributed by atoms with Gasteiger partial charge in [0, 0.05) is 11.6 Å². The van der Waals surface area contributed by atoms with Crippen LogP contribution in [0, 0.1) is 0 Å². The fraction of sp³-hybridized carbons (Fsp3) is 0.211. The molecule has 2 aromatic rings. The lowest BCUT2D eigenvalue weighted by Crippen LogP contribution is -1.99. The molecular weight excluding hydrogens is 292 g/mol. The normalized spacial score (nSPS) is 10.7. The van der Waals surface area contributed by atoms with Gasteiger partial charge in [-0.15, -0.1) is 0 Å².